The summed E-state index contributed by atoms with van der Waals surface area (Å²) in [5.41, 5.74) is 4.72. The summed E-state index contributed by atoms with van der Waals surface area (Å²) in [4.78, 5) is 31.3. The summed E-state index contributed by atoms with van der Waals surface area (Å²) in [6.07, 6.45) is 0.957. The van der Waals surface area contributed by atoms with Gasteiger partial charge in [-0.3, -0.25) is 14.0 Å². The minimum Gasteiger partial charge on any atom is -0.353 e. The third kappa shape index (κ3) is 4.45. The maximum absolute atomic E-state index is 13.6. The zero-order valence-electron chi connectivity index (χ0n) is 19.3. The van der Waals surface area contributed by atoms with Crippen LogP contribution in [0.2, 0.25) is 5.02 Å². The predicted molar refractivity (Wildman–Crippen MR) is 133 cm³/mol. The second-order valence-electron chi connectivity index (χ2n) is 8.29. The molecule has 3 heterocycles. The van der Waals surface area contributed by atoms with Gasteiger partial charge >= 0.3 is 0 Å². The lowest BCUT2D eigenvalue weighted by Gasteiger charge is -2.11. The quantitative estimate of drug-likeness (QED) is 0.433. The lowest BCUT2D eigenvalue weighted by Crippen LogP contribution is -2.34. The fraction of sp³-hybridized carbons (Fsp3) is 0.333. The first-order valence-electron chi connectivity index (χ1n) is 10.8. The van der Waals surface area contributed by atoms with Crippen LogP contribution in [0.4, 0.5) is 0 Å². The standard InChI is InChI=1S/C24H26ClN5O2S/c1-6-14(3)26-21(31)11-18-12-33-24-27-16(5)22(23(32)29(18)24)19-9-15(4)30(28-19)20-10-17(25)8-7-13(20)2/h7-10,12,14H,6,11H2,1-5H3,(H,26,31). The molecule has 4 rings (SSSR count). The fourth-order valence-electron chi connectivity index (χ4n) is 3.77. The molecule has 33 heavy (non-hydrogen) atoms. The molecule has 1 aromatic carbocycles. The molecule has 172 valence electrons. The third-order valence-electron chi connectivity index (χ3n) is 5.73. The van der Waals surface area contributed by atoms with Crippen LogP contribution in [0.25, 0.3) is 21.9 Å². The van der Waals surface area contributed by atoms with Gasteiger partial charge in [-0.05, 0) is 57.9 Å². The number of amides is 1. The molecule has 0 aliphatic carbocycles. The number of rotatable bonds is 6. The van der Waals surface area contributed by atoms with E-state index in [9.17, 15) is 9.59 Å². The number of aryl methyl sites for hydroxylation is 3. The van der Waals surface area contributed by atoms with Crippen LogP contribution >= 0.6 is 22.9 Å². The van der Waals surface area contributed by atoms with Crippen LogP contribution in [0.1, 0.15) is 42.9 Å². The predicted octanol–water partition coefficient (Wildman–Crippen LogP) is 4.64. The van der Waals surface area contributed by atoms with E-state index < -0.39 is 0 Å². The van der Waals surface area contributed by atoms with E-state index in [0.29, 0.717) is 32.6 Å². The van der Waals surface area contributed by atoms with Gasteiger partial charge in [0.15, 0.2) is 4.96 Å². The highest BCUT2D eigenvalue weighted by molar-refractivity contribution is 7.15. The van der Waals surface area contributed by atoms with Crippen molar-refractivity contribution in [3.8, 4) is 16.9 Å². The Hall–Kier alpha value is -2.97. The Morgan fingerprint density at radius 3 is 2.73 bits per heavy atom. The van der Waals surface area contributed by atoms with E-state index >= 15 is 0 Å². The van der Waals surface area contributed by atoms with Crippen molar-refractivity contribution < 1.29 is 4.79 Å². The van der Waals surface area contributed by atoms with Crippen LogP contribution in [0.3, 0.4) is 0 Å². The van der Waals surface area contributed by atoms with Gasteiger partial charge in [-0.25, -0.2) is 9.67 Å². The lowest BCUT2D eigenvalue weighted by molar-refractivity contribution is -0.121. The summed E-state index contributed by atoms with van der Waals surface area (Å²) in [6, 6.07) is 7.59. The number of aromatic nitrogens is 4. The Kier molecular flexibility index (Phi) is 6.41. The number of halogens is 1. The molecule has 0 spiro atoms. The molecule has 0 radical (unpaired) electrons. The zero-order valence-corrected chi connectivity index (χ0v) is 20.8. The molecular formula is C24H26ClN5O2S. The summed E-state index contributed by atoms with van der Waals surface area (Å²) in [7, 11) is 0. The smallest absolute Gasteiger partial charge is 0.268 e. The van der Waals surface area contributed by atoms with E-state index in [1.54, 1.807) is 4.68 Å². The number of hydrogen-bond donors (Lipinski definition) is 1. The van der Waals surface area contributed by atoms with Crippen molar-refractivity contribution in [2.75, 3.05) is 0 Å². The van der Waals surface area contributed by atoms with Gasteiger partial charge in [0.2, 0.25) is 5.91 Å². The lowest BCUT2D eigenvalue weighted by atomic mass is 10.1. The van der Waals surface area contributed by atoms with Gasteiger partial charge in [-0.15, -0.1) is 11.3 Å². The van der Waals surface area contributed by atoms with E-state index in [1.165, 1.54) is 15.7 Å². The molecule has 9 heteroatoms. The van der Waals surface area contributed by atoms with Crippen molar-refractivity contribution in [1.82, 2.24) is 24.5 Å². The largest absolute Gasteiger partial charge is 0.353 e. The summed E-state index contributed by atoms with van der Waals surface area (Å²) < 4.78 is 3.32. The van der Waals surface area contributed by atoms with E-state index in [1.807, 2.05) is 64.3 Å². The summed E-state index contributed by atoms with van der Waals surface area (Å²) in [5, 5.41) is 10.1. The third-order valence-corrected chi connectivity index (χ3v) is 6.84. The van der Waals surface area contributed by atoms with E-state index in [-0.39, 0.29) is 23.9 Å². The first kappa shape index (κ1) is 23.2. The molecule has 0 fully saturated rings. The molecule has 1 atom stereocenters. The highest BCUT2D eigenvalue weighted by Gasteiger charge is 2.20. The van der Waals surface area contributed by atoms with Gasteiger partial charge in [0.1, 0.15) is 5.69 Å². The highest BCUT2D eigenvalue weighted by Crippen LogP contribution is 2.26. The normalized spacial score (nSPS) is 12.3. The molecule has 0 saturated carbocycles. The molecule has 3 aromatic heterocycles. The summed E-state index contributed by atoms with van der Waals surface area (Å²) >= 11 is 7.56. The van der Waals surface area contributed by atoms with Crippen molar-refractivity contribution in [3.63, 3.8) is 0 Å². The average molecular weight is 484 g/mol. The minimum atomic E-state index is -0.224. The molecule has 1 unspecified atom stereocenters. The Morgan fingerprint density at radius 1 is 1.24 bits per heavy atom. The number of carbonyl (C=O) groups is 1. The average Bonchev–Trinajstić information content (AvgIpc) is 3.33. The molecule has 4 aromatic rings. The second-order valence-corrected chi connectivity index (χ2v) is 9.56. The van der Waals surface area contributed by atoms with Gasteiger partial charge in [0.05, 0.1) is 23.4 Å². The van der Waals surface area contributed by atoms with E-state index in [0.717, 1.165) is 23.4 Å². The molecule has 0 bridgehead atoms. The van der Waals surface area contributed by atoms with Crippen molar-refractivity contribution in [3.05, 3.63) is 67.7 Å². The van der Waals surface area contributed by atoms with Gasteiger partial charge < -0.3 is 5.32 Å². The SMILES string of the molecule is CCC(C)NC(=O)Cc1csc2nc(C)c(-c3cc(C)n(-c4cc(Cl)ccc4C)n3)c(=O)n12. The first-order chi connectivity index (χ1) is 15.7. The van der Waals surface area contributed by atoms with Crippen molar-refractivity contribution in [1.29, 1.82) is 0 Å². The molecule has 0 aliphatic rings. The van der Waals surface area contributed by atoms with Crippen molar-refractivity contribution in [2.45, 2.75) is 53.5 Å². The number of thiazole rings is 1. The number of carbonyl (C=O) groups excluding carboxylic acids is 1. The van der Waals surface area contributed by atoms with Gasteiger partial charge in [0.25, 0.3) is 5.56 Å². The van der Waals surface area contributed by atoms with Crippen molar-refractivity contribution in [2.24, 2.45) is 0 Å². The number of fused-ring (bicyclic) bond motifs is 1. The summed E-state index contributed by atoms with van der Waals surface area (Å²) in [6.45, 7) is 9.71. The Morgan fingerprint density at radius 2 is 2.00 bits per heavy atom. The van der Waals surface area contributed by atoms with E-state index in [2.05, 4.69) is 10.3 Å². The molecular weight excluding hydrogens is 458 g/mol. The van der Waals surface area contributed by atoms with Crippen molar-refractivity contribution >= 4 is 33.8 Å². The minimum absolute atomic E-state index is 0.0805. The molecule has 0 aliphatic heterocycles. The van der Waals surface area contributed by atoms with Gasteiger partial charge in [-0.2, -0.15) is 5.10 Å². The van der Waals surface area contributed by atoms with Gasteiger partial charge in [0, 0.05) is 27.8 Å². The van der Waals surface area contributed by atoms with Crippen LogP contribution in [0, 0.1) is 20.8 Å². The first-order valence-corrected chi connectivity index (χ1v) is 12.1. The Labute approximate surface area is 201 Å². The van der Waals surface area contributed by atoms with Crippen LogP contribution < -0.4 is 10.9 Å². The summed E-state index contributed by atoms with van der Waals surface area (Å²) in [5.74, 6) is -0.116. The molecule has 0 saturated heterocycles. The van der Waals surface area contributed by atoms with Crippen LogP contribution in [-0.2, 0) is 11.2 Å². The number of benzene rings is 1. The second kappa shape index (κ2) is 9.11. The number of nitrogens with one attached hydrogen (secondary N) is 1. The highest BCUT2D eigenvalue weighted by atomic mass is 35.5. The Bertz CT molecular complexity index is 1420. The van der Waals surface area contributed by atoms with Gasteiger partial charge in [-0.1, -0.05) is 24.6 Å². The topological polar surface area (TPSA) is 81.3 Å². The maximum atomic E-state index is 13.6. The zero-order chi connectivity index (χ0) is 23.9. The molecule has 7 nitrogen and oxygen atoms in total. The molecule has 1 N–H and O–H groups in total. The maximum Gasteiger partial charge on any atom is 0.268 e. The monoisotopic (exact) mass is 483 g/mol. The van der Waals surface area contributed by atoms with Crippen LogP contribution in [0.5, 0.6) is 0 Å². The molecule has 1 amide bonds. The number of hydrogen-bond acceptors (Lipinski definition) is 5. The fourth-order valence-corrected chi connectivity index (χ4v) is 4.86. The Balaban J connectivity index is 1.80. The van der Waals surface area contributed by atoms with Crippen LogP contribution in [0.15, 0.2) is 34.4 Å². The van der Waals surface area contributed by atoms with Crippen LogP contribution in [-0.4, -0.2) is 31.1 Å². The number of nitrogens with zero attached hydrogens (tertiary/aromatic N) is 4. The van der Waals surface area contributed by atoms with E-state index in [4.69, 9.17) is 16.7 Å².